The van der Waals surface area contributed by atoms with Crippen LogP contribution in [0.4, 0.5) is 4.39 Å². The minimum atomic E-state index is -0.419. The molecule has 1 atom stereocenters. The normalized spacial score (nSPS) is 17.0. The Bertz CT molecular complexity index is 966. The fourth-order valence-corrected chi connectivity index (χ4v) is 3.07. The van der Waals surface area contributed by atoms with E-state index in [0.29, 0.717) is 36.1 Å². The van der Waals surface area contributed by atoms with Gasteiger partial charge < -0.3 is 9.42 Å². The van der Waals surface area contributed by atoms with Gasteiger partial charge in [-0.3, -0.25) is 4.79 Å². The Balaban J connectivity index is 1.46. The molecule has 1 saturated heterocycles. The second-order valence-electron chi connectivity index (χ2n) is 6.90. The van der Waals surface area contributed by atoms with E-state index in [1.54, 1.807) is 21.8 Å². The maximum Gasteiger partial charge on any atom is 0.280 e. The molecule has 0 radical (unpaired) electrons. The molecule has 1 aliphatic heterocycles. The van der Waals surface area contributed by atoms with E-state index in [9.17, 15) is 9.18 Å². The summed E-state index contributed by atoms with van der Waals surface area (Å²) in [7, 11) is 0. The van der Waals surface area contributed by atoms with Crippen molar-refractivity contribution >= 4 is 5.91 Å². The van der Waals surface area contributed by atoms with E-state index >= 15 is 0 Å². The van der Waals surface area contributed by atoms with Crippen LogP contribution < -0.4 is 0 Å². The first kappa shape index (κ1) is 17.3. The summed E-state index contributed by atoms with van der Waals surface area (Å²) in [6, 6.07) is 5.73. The van der Waals surface area contributed by atoms with E-state index in [2.05, 4.69) is 20.5 Å². The second-order valence-corrected chi connectivity index (χ2v) is 6.90. The van der Waals surface area contributed by atoms with Crippen LogP contribution in [-0.4, -0.2) is 49.0 Å². The molecule has 0 bridgehead atoms. The minimum absolute atomic E-state index is 0.00347. The Kier molecular flexibility index (Phi) is 4.43. The summed E-state index contributed by atoms with van der Waals surface area (Å²) in [4.78, 5) is 18.6. The molecular weight excluding hydrogens is 351 g/mol. The summed E-state index contributed by atoms with van der Waals surface area (Å²) in [6.07, 6.45) is 2.49. The highest BCUT2D eigenvalue weighted by atomic mass is 19.1. The van der Waals surface area contributed by atoms with Crippen molar-refractivity contribution in [2.45, 2.75) is 32.2 Å². The third-order valence-electron chi connectivity index (χ3n) is 4.58. The molecule has 9 heteroatoms. The molecule has 3 aromatic rings. The average molecular weight is 370 g/mol. The van der Waals surface area contributed by atoms with Gasteiger partial charge in [0.2, 0.25) is 0 Å². The van der Waals surface area contributed by atoms with Gasteiger partial charge in [-0.05, 0) is 24.6 Å². The van der Waals surface area contributed by atoms with Crippen LogP contribution in [0.15, 0.2) is 35.0 Å². The molecular formula is C18H19FN6O2. The molecule has 0 spiro atoms. The van der Waals surface area contributed by atoms with E-state index in [1.807, 2.05) is 13.8 Å². The zero-order valence-electron chi connectivity index (χ0n) is 15.0. The molecule has 4 rings (SSSR count). The van der Waals surface area contributed by atoms with Gasteiger partial charge in [0, 0.05) is 24.6 Å². The first-order valence-electron chi connectivity index (χ1n) is 8.82. The van der Waals surface area contributed by atoms with Gasteiger partial charge in [-0.1, -0.05) is 30.3 Å². The largest absolute Gasteiger partial charge is 0.336 e. The molecule has 0 N–H and O–H groups in total. The van der Waals surface area contributed by atoms with Crippen LogP contribution in [-0.2, 0) is 0 Å². The van der Waals surface area contributed by atoms with Gasteiger partial charge >= 0.3 is 0 Å². The number of likely N-dealkylation sites (tertiary alicyclic amines) is 1. The quantitative estimate of drug-likeness (QED) is 0.701. The molecule has 1 aliphatic rings. The molecule has 0 aliphatic carbocycles. The maximum absolute atomic E-state index is 13.4. The number of hydrogen-bond acceptors (Lipinski definition) is 6. The number of hydrogen-bond donors (Lipinski definition) is 0. The smallest absolute Gasteiger partial charge is 0.280 e. The topological polar surface area (TPSA) is 89.9 Å². The van der Waals surface area contributed by atoms with E-state index in [4.69, 9.17) is 4.52 Å². The Morgan fingerprint density at radius 3 is 2.96 bits per heavy atom. The van der Waals surface area contributed by atoms with Crippen molar-refractivity contribution in [1.29, 1.82) is 0 Å². The lowest BCUT2D eigenvalue weighted by molar-refractivity contribution is 0.0786. The van der Waals surface area contributed by atoms with E-state index in [1.165, 1.54) is 18.2 Å². The highest BCUT2D eigenvalue weighted by molar-refractivity contribution is 5.94. The van der Waals surface area contributed by atoms with Crippen LogP contribution in [0.1, 0.15) is 48.4 Å². The lowest BCUT2D eigenvalue weighted by Crippen LogP contribution is -2.29. The van der Waals surface area contributed by atoms with Gasteiger partial charge in [-0.25, -0.2) is 9.07 Å². The standard InChI is InChI=1S/C18H19FN6O2/c1-11(2)16-20-17(27-22-16)15-10-25(23-21-15)14-6-7-24(9-14)18(26)12-4-3-5-13(19)8-12/h3-5,8,10-11,14H,6-7,9H2,1-2H3/t14-/m1/s1. The highest BCUT2D eigenvalue weighted by Crippen LogP contribution is 2.25. The van der Waals surface area contributed by atoms with Gasteiger partial charge in [0.05, 0.1) is 12.2 Å². The lowest BCUT2D eigenvalue weighted by atomic mass is 10.2. The fourth-order valence-electron chi connectivity index (χ4n) is 3.07. The Hall–Kier alpha value is -3.10. The average Bonchev–Trinajstić information content (AvgIpc) is 3.39. The van der Waals surface area contributed by atoms with Crippen molar-refractivity contribution in [3.8, 4) is 11.6 Å². The summed E-state index contributed by atoms with van der Waals surface area (Å²) in [6.45, 7) is 5.02. The highest BCUT2D eigenvalue weighted by Gasteiger charge is 2.29. The predicted octanol–water partition coefficient (Wildman–Crippen LogP) is 2.68. The van der Waals surface area contributed by atoms with Crippen LogP contribution >= 0.6 is 0 Å². The number of nitrogens with zero attached hydrogens (tertiary/aromatic N) is 6. The van der Waals surface area contributed by atoms with Crippen LogP contribution in [0.2, 0.25) is 0 Å². The molecule has 1 aromatic carbocycles. The third kappa shape index (κ3) is 3.44. The summed E-state index contributed by atoms with van der Waals surface area (Å²) in [5, 5.41) is 12.2. The Labute approximate surface area is 155 Å². The Morgan fingerprint density at radius 2 is 2.22 bits per heavy atom. The van der Waals surface area contributed by atoms with E-state index in [-0.39, 0.29) is 17.9 Å². The molecule has 1 amide bonds. The number of benzene rings is 1. The van der Waals surface area contributed by atoms with Crippen molar-refractivity contribution in [3.05, 3.63) is 47.7 Å². The zero-order valence-corrected chi connectivity index (χ0v) is 15.0. The molecule has 0 saturated carbocycles. The third-order valence-corrected chi connectivity index (χ3v) is 4.58. The number of carbonyl (C=O) groups excluding carboxylic acids is 1. The summed E-state index contributed by atoms with van der Waals surface area (Å²) in [5.41, 5.74) is 0.853. The van der Waals surface area contributed by atoms with Crippen molar-refractivity contribution in [2.75, 3.05) is 13.1 Å². The fraction of sp³-hybridized carbons (Fsp3) is 0.389. The molecule has 8 nitrogen and oxygen atoms in total. The summed E-state index contributed by atoms with van der Waals surface area (Å²) < 4.78 is 20.3. The van der Waals surface area contributed by atoms with Crippen molar-refractivity contribution < 1.29 is 13.7 Å². The van der Waals surface area contributed by atoms with E-state index < -0.39 is 5.82 Å². The number of aromatic nitrogens is 5. The molecule has 2 aromatic heterocycles. The molecule has 140 valence electrons. The van der Waals surface area contributed by atoms with E-state index in [0.717, 1.165) is 6.42 Å². The minimum Gasteiger partial charge on any atom is -0.336 e. The van der Waals surface area contributed by atoms with Crippen molar-refractivity contribution in [3.63, 3.8) is 0 Å². The first-order chi connectivity index (χ1) is 13.0. The zero-order chi connectivity index (χ0) is 19.0. The predicted molar refractivity (Wildman–Crippen MR) is 93.4 cm³/mol. The van der Waals surface area contributed by atoms with Gasteiger partial charge in [0.25, 0.3) is 11.8 Å². The van der Waals surface area contributed by atoms with Crippen LogP contribution in [0.3, 0.4) is 0 Å². The summed E-state index contributed by atoms with van der Waals surface area (Å²) >= 11 is 0. The molecule has 3 heterocycles. The van der Waals surface area contributed by atoms with Crippen LogP contribution in [0.5, 0.6) is 0 Å². The van der Waals surface area contributed by atoms with Crippen molar-refractivity contribution in [1.82, 2.24) is 30.0 Å². The van der Waals surface area contributed by atoms with Gasteiger partial charge in [0.15, 0.2) is 11.5 Å². The summed E-state index contributed by atoms with van der Waals surface area (Å²) in [5.74, 6) is 0.506. The number of halogens is 1. The lowest BCUT2D eigenvalue weighted by Gasteiger charge is -2.16. The number of amides is 1. The van der Waals surface area contributed by atoms with Gasteiger partial charge in [0.1, 0.15) is 5.82 Å². The molecule has 1 fully saturated rings. The van der Waals surface area contributed by atoms with Crippen LogP contribution in [0, 0.1) is 5.82 Å². The molecule has 0 unspecified atom stereocenters. The van der Waals surface area contributed by atoms with Crippen molar-refractivity contribution in [2.24, 2.45) is 0 Å². The monoisotopic (exact) mass is 370 g/mol. The number of carbonyl (C=O) groups is 1. The SMILES string of the molecule is CC(C)c1noc(-c2cn([C@@H]3CCN(C(=O)c4cccc(F)c4)C3)nn2)n1. The van der Waals surface area contributed by atoms with Gasteiger partial charge in [-0.15, -0.1) is 5.10 Å². The van der Waals surface area contributed by atoms with Gasteiger partial charge in [-0.2, -0.15) is 4.98 Å². The molecule has 27 heavy (non-hydrogen) atoms. The Morgan fingerprint density at radius 1 is 1.37 bits per heavy atom. The maximum atomic E-state index is 13.4. The number of rotatable bonds is 4. The second kappa shape index (κ2) is 6.90. The van der Waals surface area contributed by atoms with Crippen LogP contribution in [0.25, 0.3) is 11.6 Å². The first-order valence-corrected chi connectivity index (χ1v) is 8.82.